The summed E-state index contributed by atoms with van der Waals surface area (Å²) in [4.78, 5) is 20.9. The Bertz CT molecular complexity index is 829. The molecule has 0 saturated carbocycles. The van der Waals surface area contributed by atoms with Crippen LogP contribution in [0.2, 0.25) is 5.02 Å². The Kier molecular flexibility index (Phi) is 4.10. The summed E-state index contributed by atoms with van der Waals surface area (Å²) in [5.41, 5.74) is 1.71. The second-order valence-corrected chi connectivity index (χ2v) is 7.70. The third-order valence-corrected chi connectivity index (χ3v) is 5.66. The quantitative estimate of drug-likeness (QED) is 0.775. The third kappa shape index (κ3) is 2.74. The van der Waals surface area contributed by atoms with Crippen molar-refractivity contribution in [1.82, 2.24) is 19.7 Å². The number of nitrogens with zero attached hydrogens (tertiary/aromatic N) is 5. The number of rotatable bonds is 3. The number of aromatic nitrogens is 3. The van der Waals surface area contributed by atoms with Crippen LogP contribution in [-0.4, -0.2) is 44.8 Å². The molecule has 2 bridgehead atoms. The second kappa shape index (κ2) is 6.13. The number of piperidine rings is 1. The van der Waals surface area contributed by atoms with E-state index < -0.39 is 0 Å². The third-order valence-electron chi connectivity index (χ3n) is 4.87. The molecule has 5 heterocycles. The fourth-order valence-electron chi connectivity index (χ4n) is 3.62. The minimum absolute atomic E-state index is 0.245. The minimum Gasteiger partial charge on any atom is -0.366 e. The highest BCUT2D eigenvalue weighted by molar-refractivity contribution is 9.10. The molecule has 2 aromatic heterocycles. The van der Waals surface area contributed by atoms with Crippen LogP contribution in [0.5, 0.6) is 0 Å². The van der Waals surface area contributed by atoms with Gasteiger partial charge >= 0.3 is 0 Å². The van der Waals surface area contributed by atoms with Crippen molar-refractivity contribution in [3.8, 4) is 0 Å². The molecule has 2 atom stereocenters. The normalized spacial score (nSPS) is 23.2. The van der Waals surface area contributed by atoms with Crippen LogP contribution in [-0.2, 0) is 13.6 Å². The first kappa shape index (κ1) is 16.1. The van der Waals surface area contributed by atoms with Gasteiger partial charge in [0.1, 0.15) is 5.02 Å². The predicted octanol–water partition coefficient (Wildman–Crippen LogP) is 2.05. The summed E-state index contributed by atoms with van der Waals surface area (Å²) in [6.45, 7) is 2.64. The van der Waals surface area contributed by atoms with Crippen LogP contribution in [0.3, 0.4) is 0 Å². The van der Waals surface area contributed by atoms with Crippen LogP contribution in [0.4, 0.5) is 5.69 Å². The second-order valence-electron chi connectivity index (χ2n) is 6.40. The summed E-state index contributed by atoms with van der Waals surface area (Å²) in [5, 5.41) is 4.36. The minimum atomic E-state index is -0.245. The molecule has 3 saturated heterocycles. The van der Waals surface area contributed by atoms with Crippen molar-refractivity contribution in [2.75, 3.05) is 18.0 Å². The number of pyridine rings is 1. The highest BCUT2D eigenvalue weighted by Gasteiger charge is 2.44. The summed E-state index contributed by atoms with van der Waals surface area (Å²) < 4.78 is 2.27. The molecule has 24 heavy (non-hydrogen) atoms. The predicted molar refractivity (Wildman–Crippen MR) is 96.4 cm³/mol. The van der Waals surface area contributed by atoms with E-state index in [0.717, 1.165) is 29.8 Å². The summed E-state index contributed by atoms with van der Waals surface area (Å²) in [5.74, 6) is 0. The van der Waals surface area contributed by atoms with E-state index in [1.807, 2.05) is 6.20 Å². The lowest BCUT2D eigenvalue weighted by Gasteiger charge is -2.57. The van der Waals surface area contributed by atoms with E-state index in [2.05, 4.69) is 41.9 Å². The van der Waals surface area contributed by atoms with E-state index in [0.29, 0.717) is 12.1 Å². The topological polar surface area (TPSA) is 54.3 Å². The lowest BCUT2D eigenvalue weighted by atomic mass is 9.86. The molecule has 0 aliphatic carbocycles. The molecule has 0 aromatic carbocycles. The van der Waals surface area contributed by atoms with Gasteiger partial charge in [-0.2, -0.15) is 5.10 Å². The first-order chi connectivity index (χ1) is 11.5. The van der Waals surface area contributed by atoms with E-state index in [1.165, 1.54) is 16.7 Å². The number of fused-ring (bicyclic) bond motifs is 2. The largest absolute Gasteiger partial charge is 0.366 e. The standard InChI is InChI=1S/C16H17BrClN5O/c1-21-16(24)15(18)14(6-20-21)22-8-12-3-13(9-22)23(12)7-10-2-11(17)5-19-4-10/h2,4-6,12-13H,3,7-9H2,1H3. The highest BCUT2D eigenvalue weighted by atomic mass is 79.9. The molecule has 0 amide bonds. The van der Waals surface area contributed by atoms with E-state index in [4.69, 9.17) is 11.6 Å². The lowest BCUT2D eigenvalue weighted by Crippen LogP contribution is -2.68. The summed E-state index contributed by atoms with van der Waals surface area (Å²) in [6, 6.07) is 3.06. The monoisotopic (exact) mass is 409 g/mol. The molecule has 3 aliphatic rings. The van der Waals surface area contributed by atoms with Gasteiger partial charge in [0, 0.05) is 55.6 Å². The van der Waals surface area contributed by atoms with Crippen LogP contribution in [0.1, 0.15) is 12.0 Å². The molecule has 8 heteroatoms. The maximum absolute atomic E-state index is 12.0. The number of piperazine rings is 1. The molecule has 3 fully saturated rings. The molecule has 6 nitrogen and oxygen atoms in total. The smallest absolute Gasteiger partial charge is 0.287 e. The molecule has 0 radical (unpaired) electrons. The first-order valence-electron chi connectivity index (χ1n) is 7.85. The SMILES string of the molecule is Cn1ncc(N2CC3CC(C2)N3Cc2cncc(Br)c2)c(Cl)c1=O. The number of aryl methyl sites for hydroxylation is 1. The fraction of sp³-hybridized carbons (Fsp3) is 0.438. The Balaban J connectivity index is 1.49. The average Bonchev–Trinajstić information content (AvgIpc) is 2.58. The zero-order valence-electron chi connectivity index (χ0n) is 13.2. The zero-order valence-corrected chi connectivity index (χ0v) is 15.5. The van der Waals surface area contributed by atoms with Gasteiger partial charge in [-0.05, 0) is 34.0 Å². The lowest BCUT2D eigenvalue weighted by molar-refractivity contribution is -0.00854. The van der Waals surface area contributed by atoms with Crippen molar-refractivity contribution < 1.29 is 0 Å². The zero-order chi connectivity index (χ0) is 16.8. The van der Waals surface area contributed by atoms with Crippen molar-refractivity contribution in [3.63, 3.8) is 0 Å². The Labute approximate surface area is 153 Å². The van der Waals surface area contributed by atoms with E-state index in [-0.39, 0.29) is 10.6 Å². The summed E-state index contributed by atoms with van der Waals surface area (Å²) in [6.07, 6.45) is 6.59. The number of anilines is 1. The summed E-state index contributed by atoms with van der Waals surface area (Å²) >= 11 is 9.71. The van der Waals surface area contributed by atoms with Crippen molar-refractivity contribution in [2.45, 2.75) is 25.0 Å². The van der Waals surface area contributed by atoms with Gasteiger partial charge in [0.15, 0.2) is 0 Å². The van der Waals surface area contributed by atoms with Gasteiger partial charge in [0.05, 0.1) is 11.9 Å². The van der Waals surface area contributed by atoms with Crippen molar-refractivity contribution >= 4 is 33.2 Å². The van der Waals surface area contributed by atoms with E-state index >= 15 is 0 Å². The van der Waals surface area contributed by atoms with Gasteiger partial charge < -0.3 is 4.90 Å². The molecule has 3 aliphatic heterocycles. The van der Waals surface area contributed by atoms with Gasteiger partial charge in [0.2, 0.25) is 0 Å². The van der Waals surface area contributed by atoms with Gasteiger partial charge in [0.25, 0.3) is 5.56 Å². The molecule has 5 rings (SSSR count). The van der Waals surface area contributed by atoms with Crippen LogP contribution in [0.25, 0.3) is 0 Å². The molecule has 0 spiro atoms. The highest BCUT2D eigenvalue weighted by Crippen LogP contribution is 2.37. The van der Waals surface area contributed by atoms with Crippen molar-refractivity contribution in [2.24, 2.45) is 7.05 Å². The molecule has 2 aromatic rings. The van der Waals surface area contributed by atoms with Gasteiger partial charge in [-0.25, -0.2) is 4.68 Å². The average molecular weight is 411 g/mol. The maximum Gasteiger partial charge on any atom is 0.287 e. The number of hydrogen-bond acceptors (Lipinski definition) is 5. The Morgan fingerprint density at radius 1 is 1.29 bits per heavy atom. The van der Waals surface area contributed by atoms with Gasteiger partial charge in [-0.1, -0.05) is 11.6 Å². The van der Waals surface area contributed by atoms with Gasteiger partial charge in [-0.3, -0.25) is 14.7 Å². The van der Waals surface area contributed by atoms with Crippen molar-refractivity contribution in [1.29, 1.82) is 0 Å². The van der Waals surface area contributed by atoms with Crippen LogP contribution < -0.4 is 10.5 Å². The fourth-order valence-corrected chi connectivity index (χ4v) is 4.32. The van der Waals surface area contributed by atoms with Crippen LogP contribution in [0.15, 0.2) is 33.9 Å². The number of hydrogen-bond donors (Lipinski definition) is 0. The first-order valence-corrected chi connectivity index (χ1v) is 9.02. The van der Waals surface area contributed by atoms with Gasteiger partial charge in [-0.15, -0.1) is 0 Å². The molecular weight excluding hydrogens is 394 g/mol. The van der Waals surface area contributed by atoms with E-state index in [9.17, 15) is 4.79 Å². The number of halogens is 2. The Morgan fingerprint density at radius 2 is 2.04 bits per heavy atom. The molecule has 2 unspecified atom stereocenters. The summed E-state index contributed by atoms with van der Waals surface area (Å²) in [7, 11) is 1.61. The van der Waals surface area contributed by atoms with E-state index in [1.54, 1.807) is 19.4 Å². The molecule has 126 valence electrons. The maximum atomic E-state index is 12.0. The molecule has 0 N–H and O–H groups in total. The molecular formula is C16H17BrClN5O. The Hall–Kier alpha value is -1.44. The van der Waals surface area contributed by atoms with Crippen LogP contribution >= 0.6 is 27.5 Å². The Morgan fingerprint density at radius 3 is 2.75 bits per heavy atom. The van der Waals surface area contributed by atoms with Crippen molar-refractivity contribution in [3.05, 3.63) is 50.1 Å². The van der Waals surface area contributed by atoms with Crippen LogP contribution in [0, 0.1) is 0 Å².